The number of rotatable bonds is 3. The van der Waals surface area contributed by atoms with Gasteiger partial charge in [-0.2, -0.15) is 0 Å². The molecule has 3 N–H and O–H groups in total. The molecule has 3 rings (SSSR count). The van der Waals surface area contributed by atoms with Crippen molar-refractivity contribution in [3.63, 3.8) is 0 Å². The summed E-state index contributed by atoms with van der Waals surface area (Å²) in [6.45, 7) is 0.748. The van der Waals surface area contributed by atoms with Gasteiger partial charge in [-0.15, -0.1) is 21.5 Å². The Morgan fingerprint density at radius 1 is 1.42 bits per heavy atom. The van der Waals surface area contributed by atoms with Crippen LogP contribution < -0.4 is 11.1 Å². The van der Waals surface area contributed by atoms with Gasteiger partial charge in [-0.05, 0) is 17.9 Å². The molecule has 0 fully saturated rings. The monoisotopic (exact) mass is 277 g/mol. The van der Waals surface area contributed by atoms with E-state index in [4.69, 9.17) is 5.73 Å². The maximum absolute atomic E-state index is 12.1. The van der Waals surface area contributed by atoms with Crippen LogP contribution in [0.1, 0.15) is 33.2 Å². The van der Waals surface area contributed by atoms with Crippen molar-refractivity contribution in [3.8, 4) is 0 Å². The Balaban J connectivity index is 1.85. The number of primary amides is 1. The smallest absolute Gasteiger partial charge is 0.294 e. The Labute approximate surface area is 112 Å². The van der Waals surface area contributed by atoms with Crippen LogP contribution in [0.5, 0.6) is 0 Å². The number of carbonyl (C=O) groups excluding carboxylic acids is 2. The van der Waals surface area contributed by atoms with Gasteiger partial charge in [0.15, 0.2) is 0 Å². The van der Waals surface area contributed by atoms with Crippen LogP contribution in [-0.2, 0) is 13.0 Å². The lowest BCUT2D eigenvalue weighted by Crippen LogP contribution is -2.19. The molecule has 2 amide bonds. The molecule has 0 aromatic carbocycles. The lowest BCUT2D eigenvalue weighted by Gasteiger charge is -2.04. The van der Waals surface area contributed by atoms with Crippen molar-refractivity contribution in [2.24, 2.45) is 5.73 Å². The summed E-state index contributed by atoms with van der Waals surface area (Å²) in [5.74, 6) is 0.163. The first-order valence-electron chi connectivity index (χ1n) is 5.77. The molecule has 0 saturated heterocycles. The average Bonchev–Trinajstić information content (AvgIpc) is 3.02. The molecule has 2 aromatic rings. The van der Waals surface area contributed by atoms with E-state index in [2.05, 4.69) is 15.5 Å². The molecule has 3 heterocycles. The number of aromatic nitrogens is 3. The number of anilines is 1. The first kappa shape index (κ1) is 11.8. The topological polar surface area (TPSA) is 103 Å². The van der Waals surface area contributed by atoms with Crippen LogP contribution in [0.3, 0.4) is 0 Å². The van der Waals surface area contributed by atoms with Gasteiger partial charge in [-0.25, -0.2) is 0 Å². The number of amides is 2. The van der Waals surface area contributed by atoms with Crippen LogP contribution in [0, 0.1) is 0 Å². The second kappa shape index (κ2) is 4.47. The summed E-state index contributed by atoms with van der Waals surface area (Å²) in [5.41, 5.74) is 5.53. The summed E-state index contributed by atoms with van der Waals surface area (Å²) in [5, 5.41) is 12.6. The van der Waals surface area contributed by atoms with Gasteiger partial charge in [-0.3, -0.25) is 9.59 Å². The number of thiophene rings is 1. The quantitative estimate of drug-likeness (QED) is 0.859. The van der Waals surface area contributed by atoms with Crippen molar-refractivity contribution >= 4 is 28.2 Å². The first-order valence-corrected chi connectivity index (χ1v) is 6.65. The Kier molecular flexibility index (Phi) is 2.79. The Morgan fingerprint density at radius 2 is 2.26 bits per heavy atom. The predicted molar refractivity (Wildman–Crippen MR) is 69.1 cm³/mol. The van der Waals surface area contributed by atoms with Gasteiger partial charge in [0, 0.05) is 13.0 Å². The van der Waals surface area contributed by atoms with Crippen LogP contribution in [0.2, 0.25) is 0 Å². The number of aryl methyl sites for hydroxylation is 1. The normalized spacial score (nSPS) is 13.3. The Hall–Kier alpha value is -2.22. The zero-order valence-electron chi connectivity index (χ0n) is 9.92. The highest BCUT2D eigenvalue weighted by molar-refractivity contribution is 7.14. The molecule has 1 aliphatic rings. The van der Waals surface area contributed by atoms with Crippen molar-refractivity contribution in [2.45, 2.75) is 19.4 Å². The van der Waals surface area contributed by atoms with Crippen LogP contribution >= 0.6 is 11.3 Å². The van der Waals surface area contributed by atoms with Gasteiger partial charge in [-0.1, -0.05) is 0 Å². The van der Waals surface area contributed by atoms with Gasteiger partial charge in [0.05, 0.1) is 5.56 Å². The highest BCUT2D eigenvalue weighted by Gasteiger charge is 2.23. The molecule has 0 radical (unpaired) electrons. The third-order valence-corrected chi connectivity index (χ3v) is 3.80. The number of fused-ring (bicyclic) bond motifs is 1. The summed E-state index contributed by atoms with van der Waals surface area (Å²) >= 11 is 1.25. The van der Waals surface area contributed by atoms with Crippen LogP contribution in [0.15, 0.2) is 11.4 Å². The fourth-order valence-electron chi connectivity index (χ4n) is 2.08. The molecule has 0 saturated carbocycles. The molecule has 0 aliphatic carbocycles. The Morgan fingerprint density at radius 3 is 3.05 bits per heavy atom. The van der Waals surface area contributed by atoms with E-state index in [-0.39, 0.29) is 11.7 Å². The maximum atomic E-state index is 12.1. The minimum absolute atomic E-state index is 0.274. The zero-order valence-corrected chi connectivity index (χ0v) is 10.7. The van der Waals surface area contributed by atoms with Crippen molar-refractivity contribution in [3.05, 3.63) is 28.7 Å². The number of nitrogens with two attached hydrogens (primary N) is 1. The van der Waals surface area contributed by atoms with Crippen LogP contribution in [-0.4, -0.2) is 26.6 Å². The molecular formula is C11H11N5O2S. The van der Waals surface area contributed by atoms with Gasteiger partial charge < -0.3 is 15.6 Å². The van der Waals surface area contributed by atoms with E-state index in [9.17, 15) is 9.59 Å². The van der Waals surface area contributed by atoms with E-state index >= 15 is 0 Å². The highest BCUT2D eigenvalue weighted by Crippen LogP contribution is 2.23. The molecule has 19 heavy (non-hydrogen) atoms. The van der Waals surface area contributed by atoms with Crippen LogP contribution in [0.4, 0.5) is 5.00 Å². The number of carbonyl (C=O) groups is 2. The predicted octanol–water partition coefficient (Wildman–Crippen LogP) is 0.637. The van der Waals surface area contributed by atoms with Crippen molar-refractivity contribution in [1.29, 1.82) is 0 Å². The molecule has 0 atom stereocenters. The van der Waals surface area contributed by atoms with Crippen molar-refractivity contribution in [2.75, 3.05) is 5.32 Å². The molecule has 7 nitrogen and oxygen atoms in total. The highest BCUT2D eigenvalue weighted by atomic mass is 32.1. The summed E-state index contributed by atoms with van der Waals surface area (Å²) in [6.07, 6.45) is 1.81. The van der Waals surface area contributed by atoms with Gasteiger partial charge >= 0.3 is 0 Å². The number of hydrogen-bond acceptors (Lipinski definition) is 5. The second-order valence-electron chi connectivity index (χ2n) is 4.18. The second-order valence-corrected chi connectivity index (χ2v) is 5.09. The third kappa shape index (κ3) is 1.99. The van der Waals surface area contributed by atoms with E-state index in [0.29, 0.717) is 10.6 Å². The van der Waals surface area contributed by atoms with Crippen molar-refractivity contribution < 1.29 is 9.59 Å². The molecule has 2 aromatic heterocycles. The van der Waals surface area contributed by atoms with Crippen molar-refractivity contribution in [1.82, 2.24) is 14.8 Å². The largest absolute Gasteiger partial charge is 0.366 e. The molecule has 1 aliphatic heterocycles. The van der Waals surface area contributed by atoms with E-state index in [0.717, 1.165) is 25.2 Å². The summed E-state index contributed by atoms with van der Waals surface area (Å²) < 4.78 is 1.80. The Bertz CT molecular complexity index is 660. The number of hydrogen-bond donors (Lipinski definition) is 2. The van der Waals surface area contributed by atoms with E-state index in [1.165, 1.54) is 11.3 Å². The summed E-state index contributed by atoms with van der Waals surface area (Å²) in [4.78, 5) is 23.3. The third-order valence-electron chi connectivity index (χ3n) is 2.97. The lowest BCUT2D eigenvalue weighted by atomic mass is 10.3. The van der Waals surface area contributed by atoms with Crippen LogP contribution in [0.25, 0.3) is 0 Å². The zero-order chi connectivity index (χ0) is 13.4. The van der Waals surface area contributed by atoms with E-state index in [1.54, 1.807) is 16.0 Å². The van der Waals surface area contributed by atoms with E-state index in [1.807, 2.05) is 0 Å². The van der Waals surface area contributed by atoms with Gasteiger partial charge in [0.1, 0.15) is 10.8 Å². The molecular weight excluding hydrogens is 266 g/mol. The molecule has 0 bridgehead atoms. The molecule has 0 unspecified atom stereocenters. The standard InChI is InChI=1S/C11H11N5O2S/c12-8(17)6-3-5-19-11(6)13-10(18)9-15-14-7-2-1-4-16(7)9/h3,5H,1-2,4H2,(H2,12,17)(H,13,18). The first-order chi connectivity index (χ1) is 9.16. The van der Waals surface area contributed by atoms with Gasteiger partial charge in [0.2, 0.25) is 5.82 Å². The fraction of sp³-hybridized carbons (Fsp3) is 0.273. The summed E-state index contributed by atoms with van der Waals surface area (Å²) in [6, 6.07) is 1.58. The molecule has 98 valence electrons. The van der Waals surface area contributed by atoms with E-state index < -0.39 is 5.91 Å². The van der Waals surface area contributed by atoms with Gasteiger partial charge in [0.25, 0.3) is 11.8 Å². The minimum atomic E-state index is -0.567. The number of nitrogens with zero attached hydrogens (tertiary/aromatic N) is 3. The molecule has 0 spiro atoms. The number of nitrogens with one attached hydrogen (secondary N) is 1. The summed E-state index contributed by atoms with van der Waals surface area (Å²) in [7, 11) is 0. The molecule has 8 heteroatoms. The SMILES string of the molecule is NC(=O)c1ccsc1NC(=O)c1nnc2n1CCC2. The maximum Gasteiger partial charge on any atom is 0.294 e. The minimum Gasteiger partial charge on any atom is -0.366 e. The lowest BCUT2D eigenvalue weighted by molar-refractivity contribution is 0.100. The average molecular weight is 277 g/mol. The fourth-order valence-corrected chi connectivity index (χ4v) is 2.87.